The molecule has 0 aliphatic heterocycles. The molecule has 0 aromatic carbocycles. The molecule has 0 aliphatic rings. The highest BCUT2D eigenvalue weighted by molar-refractivity contribution is 5.87. The van der Waals surface area contributed by atoms with E-state index in [4.69, 9.17) is 9.47 Å². The highest BCUT2D eigenvalue weighted by Crippen LogP contribution is 1.98. The molecule has 0 spiro atoms. The Hall–Kier alpha value is -1.26. The summed E-state index contributed by atoms with van der Waals surface area (Å²) in [7, 11) is 1.35. The molecule has 0 bridgehead atoms. The number of carbonyl (C=O) groups excluding carboxylic acids is 2. The number of nitrogens with zero attached hydrogens (tertiary/aromatic N) is 1. The first-order valence-electron chi connectivity index (χ1n) is 5.70. The van der Waals surface area contributed by atoms with Crippen LogP contribution in [-0.2, 0) is 9.47 Å². The van der Waals surface area contributed by atoms with Gasteiger partial charge < -0.3 is 9.47 Å². The first-order valence-corrected chi connectivity index (χ1v) is 5.70. The number of ether oxygens (including phenoxy) is 2. The van der Waals surface area contributed by atoms with Crippen LogP contribution in [0.15, 0.2) is 0 Å². The lowest BCUT2D eigenvalue weighted by atomic mass is 10.4. The molecule has 0 unspecified atom stereocenters. The number of rotatable bonds is 6. The van der Waals surface area contributed by atoms with Gasteiger partial charge in [0, 0.05) is 7.05 Å². The molecule has 0 saturated heterocycles. The molecule has 0 N–H and O–H groups in total. The van der Waals surface area contributed by atoms with Gasteiger partial charge in [0.2, 0.25) is 0 Å². The second kappa shape index (κ2) is 9.00. The van der Waals surface area contributed by atoms with E-state index in [0.717, 1.165) is 30.6 Å². The van der Waals surface area contributed by atoms with Gasteiger partial charge in [0.1, 0.15) is 0 Å². The minimum Gasteiger partial charge on any atom is -0.449 e. The Morgan fingerprint density at radius 2 is 1.31 bits per heavy atom. The quantitative estimate of drug-likeness (QED) is 0.659. The van der Waals surface area contributed by atoms with Crippen molar-refractivity contribution in [3.05, 3.63) is 0 Å². The van der Waals surface area contributed by atoms with Crippen molar-refractivity contribution in [2.75, 3.05) is 20.3 Å². The monoisotopic (exact) mass is 231 g/mol. The van der Waals surface area contributed by atoms with E-state index in [1.54, 1.807) is 0 Å². The highest BCUT2D eigenvalue weighted by Gasteiger charge is 2.18. The predicted molar refractivity (Wildman–Crippen MR) is 60.3 cm³/mol. The van der Waals surface area contributed by atoms with E-state index in [2.05, 4.69) is 0 Å². The molecule has 0 saturated carbocycles. The van der Waals surface area contributed by atoms with Crippen LogP contribution >= 0.6 is 0 Å². The third-order valence-electron chi connectivity index (χ3n) is 1.99. The molecule has 0 aromatic heterocycles. The first kappa shape index (κ1) is 14.7. The summed E-state index contributed by atoms with van der Waals surface area (Å²) in [4.78, 5) is 23.4. The molecule has 0 rings (SSSR count). The lowest BCUT2D eigenvalue weighted by molar-refractivity contribution is 0.0832. The van der Waals surface area contributed by atoms with Gasteiger partial charge in [-0.25, -0.2) is 14.5 Å². The molecule has 0 atom stereocenters. The fourth-order valence-electron chi connectivity index (χ4n) is 0.876. The van der Waals surface area contributed by atoms with Crippen LogP contribution in [-0.4, -0.2) is 37.3 Å². The van der Waals surface area contributed by atoms with Gasteiger partial charge in [-0.1, -0.05) is 26.7 Å². The highest BCUT2D eigenvalue weighted by atomic mass is 16.6. The molecule has 5 nitrogen and oxygen atoms in total. The van der Waals surface area contributed by atoms with Crippen molar-refractivity contribution in [1.82, 2.24) is 4.90 Å². The SMILES string of the molecule is CCCCOC(=O)N(C)C(=O)OCCCC. The molecule has 0 aromatic rings. The summed E-state index contributed by atoms with van der Waals surface area (Å²) in [6, 6.07) is 0. The summed E-state index contributed by atoms with van der Waals surface area (Å²) in [6.45, 7) is 4.66. The van der Waals surface area contributed by atoms with Crippen LogP contribution in [0, 0.1) is 0 Å². The van der Waals surface area contributed by atoms with E-state index in [-0.39, 0.29) is 0 Å². The molecule has 0 fully saturated rings. The second-order valence-corrected chi connectivity index (χ2v) is 3.49. The third kappa shape index (κ3) is 6.27. The largest absolute Gasteiger partial charge is 0.449 e. The minimum atomic E-state index is -0.657. The number of unbranched alkanes of at least 4 members (excludes halogenated alkanes) is 2. The Kier molecular flexibility index (Phi) is 8.29. The topological polar surface area (TPSA) is 55.8 Å². The van der Waals surface area contributed by atoms with E-state index in [1.165, 1.54) is 7.05 Å². The number of carbonyl (C=O) groups is 2. The van der Waals surface area contributed by atoms with Crippen LogP contribution in [0.25, 0.3) is 0 Å². The van der Waals surface area contributed by atoms with E-state index in [1.807, 2.05) is 13.8 Å². The fourth-order valence-corrected chi connectivity index (χ4v) is 0.876. The van der Waals surface area contributed by atoms with Gasteiger partial charge >= 0.3 is 12.2 Å². The lowest BCUT2D eigenvalue weighted by Crippen LogP contribution is -2.34. The number of hydrogen-bond acceptors (Lipinski definition) is 4. The Bertz CT molecular complexity index is 196. The summed E-state index contributed by atoms with van der Waals surface area (Å²) >= 11 is 0. The van der Waals surface area contributed by atoms with Gasteiger partial charge in [0.25, 0.3) is 0 Å². The van der Waals surface area contributed by atoms with Gasteiger partial charge in [-0.2, -0.15) is 0 Å². The van der Waals surface area contributed by atoms with E-state index in [9.17, 15) is 9.59 Å². The zero-order chi connectivity index (χ0) is 12.4. The summed E-state index contributed by atoms with van der Waals surface area (Å²) in [5.74, 6) is 0. The van der Waals surface area contributed by atoms with Gasteiger partial charge in [-0.05, 0) is 12.8 Å². The zero-order valence-electron chi connectivity index (χ0n) is 10.3. The molecule has 94 valence electrons. The van der Waals surface area contributed by atoms with Crippen LogP contribution in [0.4, 0.5) is 9.59 Å². The molecule has 0 radical (unpaired) electrons. The third-order valence-corrected chi connectivity index (χ3v) is 1.99. The Balaban J connectivity index is 3.78. The summed E-state index contributed by atoms with van der Waals surface area (Å²) in [6.07, 6.45) is 2.16. The lowest BCUT2D eigenvalue weighted by Gasteiger charge is -2.14. The van der Waals surface area contributed by atoms with Crippen molar-refractivity contribution in [1.29, 1.82) is 0 Å². The number of imide groups is 1. The van der Waals surface area contributed by atoms with E-state index >= 15 is 0 Å². The van der Waals surface area contributed by atoms with Crippen LogP contribution in [0.2, 0.25) is 0 Å². The smallest absolute Gasteiger partial charge is 0.419 e. The molecule has 0 heterocycles. The molecule has 2 amide bonds. The summed E-state index contributed by atoms with van der Waals surface area (Å²) in [5, 5.41) is 0. The van der Waals surface area contributed by atoms with Crippen molar-refractivity contribution in [2.45, 2.75) is 39.5 Å². The maximum atomic E-state index is 11.3. The molecule has 5 heteroatoms. The van der Waals surface area contributed by atoms with Gasteiger partial charge in [0.05, 0.1) is 13.2 Å². The van der Waals surface area contributed by atoms with Crippen LogP contribution < -0.4 is 0 Å². The summed E-state index contributed by atoms with van der Waals surface area (Å²) < 4.78 is 9.72. The number of hydrogen-bond donors (Lipinski definition) is 0. The standard InChI is InChI=1S/C11H21NO4/c1-4-6-8-15-10(13)12(3)11(14)16-9-7-5-2/h4-9H2,1-3H3. The van der Waals surface area contributed by atoms with Crippen LogP contribution in [0.1, 0.15) is 39.5 Å². The van der Waals surface area contributed by atoms with Gasteiger partial charge in [0.15, 0.2) is 0 Å². The van der Waals surface area contributed by atoms with Crippen molar-refractivity contribution < 1.29 is 19.1 Å². The zero-order valence-corrected chi connectivity index (χ0v) is 10.3. The Labute approximate surface area is 96.7 Å². The van der Waals surface area contributed by atoms with Crippen molar-refractivity contribution in [3.8, 4) is 0 Å². The average molecular weight is 231 g/mol. The van der Waals surface area contributed by atoms with Crippen molar-refractivity contribution >= 4 is 12.2 Å². The summed E-state index contributed by atoms with van der Waals surface area (Å²) in [5.41, 5.74) is 0. The molecule has 16 heavy (non-hydrogen) atoms. The first-order chi connectivity index (χ1) is 7.63. The fraction of sp³-hybridized carbons (Fsp3) is 0.818. The molecular weight excluding hydrogens is 210 g/mol. The van der Waals surface area contributed by atoms with Gasteiger partial charge in [-0.15, -0.1) is 0 Å². The van der Waals surface area contributed by atoms with Gasteiger partial charge in [-0.3, -0.25) is 0 Å². The van der Waals surface area contributed by atoms with Crippen molar-refractivity contribution in [3.63, 3.8) is 0 Å². The maximum Gasteiger partial charge on any atom is 0.419 e. The minimum absolute atomic E-state index is 0.335. The Morgan fingerprint density at radius 1 is 0.938 bits per heavy atom. The average Bonchev–Trinajstić information content (AvgIpc) is 2.28. The van der Waals surface area contributed by atoms with Crippen LogP contribution in [0.3, 0.4) is 0 Å². The van der Waals surface area contributed by atoms with E-state index < -0.39 is 12.2 Å². The van der Waals surface area contributed by atoms with Crippen molar-refractivity contribution in [2.24, 2.45) is 0 Å². The number of amides is 2. The molecular formula is C11H21NO4. The normalized spacial score (nSPS) is 9.69. The van der Waals surface area contributed by atoms with Crippen LogP contribution in [0.5, 0.6) is 0 Å². The van der Waals surface area contributed by atoms with E-state index in [0.29, 0.717) is 13.2 Å². The Morgan fingerprint density at radius 3 is 1.62 bits per heavy atom. The second-order valence-electron chi connectivity index (χ2n) is 3.49. The maximum absolute atomic E-state index is 11.3. The predicted octanol–water partition coefficient (Wildman–Crippen LogP) is 2.79. The molecule has 0 aliphatic carbocycles.